The summed E-state index contributed by atoms with van der Waals surface area (Å²) in [6.45, 7) is 1.29. The first-order chi connectivity index (χ1) is 11.0. The molecule has 1 amide bonds. The van der Waals surface area contributed by atoms with Crippen LogP contribution in [0.5, 0.6) is 5.75 Å². The first kappa shape index (κ1) is 17.3. The Morgan fingerprint density at radius 1 is 1.13 bits per heavy atom. The smallest absolute Gasteiger partial charge is 0.258 e. The van der Waals surface area contributed by atoms with Crippen LogP contribution >= 0.6 is 11.6 Å². The molecule has 23 heavy (non-hydrogen) atoms. The maximum absolute atomic E-state index is 11.9. The molecule has 0 spiro atoms. The second-order valence-electron chi connectivity index (χ2n) is 5.53. The monoisotopic (exact) mass is 332 g/mol. The topological polar surface area (TPSA) is 41.6 Å². The van der Waals surface area contributed by atoms with E-state index < -0.39 is 0 Å². The SMILES string of the molecule is CN(C)Cc1ccccc1CNC(=O)COc1cccc(Cl)c1. The maximum atomic E-state index is 11.9. The third kappa shape index (κ3) is 5.93. The number of halogens is 1. The Balaban J connectivity index is 1.85. The lowest BCUT2D eigenvalue weighted by molar-refractivity contribution is -0.123. The third-order valence-electron chi connectivity index (χ3n) is 3.25. The number of nitrogens with one attached hydrogen (secondary N) is 1. The largest absolute Gasteiger partial charge is 0.484 e. The average molecular weight is 333 g/mol. The zero-order chi connectivity index (χ0) is 16.7. The molecular weight excluding hydrogens is 312 g/mol. The molecule has 0 atom stereocenters. The van der Waals surface area contributed by atoms with Gasteiger partial charge < -0.3 is 15.0 Å². The van der Waals surface area contributed by atoms with E-state index in [-0.39, 0.29) is 12.5 Å². The molecule has 0 bridgehead atoms. The molecule has 0 saturated heterocycles. The van der Waals surface area contributed by atoms with E-state index in [1.165, 1.54) is 5.56 Å². The molecule has 0 aliphatic heterocycles. The average Bonchev–Trinajstić information content (AvgIpc) is 2.51. The van der Waals surface area contributed by atoms with Crippen molar-refractivity contribution in [3.8, 4) is 5.75 Å². The summed E-state index contributed by atoms with van der Waals surface area (Å²) >= 11 is 5.88. The van der Waals surface area contributed by atoms with E-state index in [0.29, 0.717) is 17.3 Å². The van der Waals surface area contributed by atoms with Gasteiger partial charge in [0.15, 0.2) is 6.61 Å². The van der Waals surface area contributed by atoms with Crippen LogP contribution in [-0.4, -0.2) is 31.5 Å². The molecule has 2 aromatic carbocycles. The molecule has 2 aromatic rings. The van der Waals surface area contributed by atoms with Gasteiger partial charge in [-0.3, -0.25) is 4.79 Å². The van der Waals surface area contributed by atoms with E-state index in [9.17, 15) is 4.79 Å². The van der Waals surface area contributed by atoms with Gasteiger partial charge in [0, 0.05) is 18.1 Å². The molecule has 0 saturated carbocycles. The van der Waals surface area contributed by atoms with E-state index in [1.54, 1.807) is 24.3 Å². The molecular formula is C18H21ClN2O2. The molecule has 0 aliphatic rings. The molecule has 0 aliphatic carbocycles. The van der Waals surface area contributed by atoms with E-state index in [2.05, 4.69) is 16.3 Å². The number of ether oxygens (including phenoxy) is 1. The van der Waals surface area contributed by atoms with Gasteiger partial charge in [0.25, 0.3) is 5.91 Å². The van der Waals surface area contributed by atoms with Gasteiger partial charge in [-0.15, -0.1) is 0 Å². The molecule has 0 unspecified atom stereocenters. The number of carbonyl (C=O) groups excluding carboxylic acids is 1. The normalized spacial score (nSPS) is 10.6. The Morgan fingerprint density at radius 2 is 1.87 bits per heavy atom. The summed E-state index contributed by atoms with van der Waals surface area (Å²) < 4.78 is 5.43. The van der Waals surface area contributed by atoms with E-state index >= 15 is 0 Å². The van der Waals surface area contributed by atoms with Crippen LogP contribution in [0.15, 0.2) is 48.5 Å². The Bertz CT molecular complexity index is 659. The first-order valence-electron chi connectivity index (χ1n) is 7.41. The van der Waals surface area contributed by atoms with Gasteiger partial charge in [-0.25, -0.2) is 0 Å². The van der Waals surface area contributed by atoms with Gasteiger partial charge in [-0.2, -0.15) is 0 Å². The highest BCUT2D eigenvalue weighted by Crippen LogP contribution is 2.17. The van der Waals surface area contributed by atoms with Crippen LogP contribution in [0.2, 0.25) is 5.02 Å². The van der Waals surface area contributed by atoms with Crippen LogP contribution in [0.25, 0.3) is 0 Å². The third-order valence-corrected chi connectivity index (χ3v) is 3.48. The summed E-state index contributed by atoms with van der Waals surface area (Å²) in [7, 11) is 4.04. The molecule has 0 radical (unpaired) electrons. The highest BCUT2D eigenvalue weighted by molar-refractivity contribution is 6.30. The van der Waals surface area contributed by atoms with Crippen LogP contribution < -0.4 is 10.1 Å². The number of hydrogen-bond acceptors (Lipinski definition) is 3. The van der Waals surface area contributed by atoms with Crippen LogP contribution in [0, 0.1) is 0 Å². The quantitative estimate of drug-likeness (QED) is 0.847. The van der Waals surface area contributed by atoms with Crippen molar-refractivity contribution in [2.75, 3.05) is 20.7 Å². The lowest BCUT2D eigenvalue weighted by Gasteiger charge is -2.14. The number of carbonyl (C=O) groups is 1. The number of nitrogens with zero attached hydrogens (tertiary/aromatic N) is 1. The van der Waals surface area contributed by atoms with Gasteiger partial charge in [0.1, 0.15) is 5.75 Å². The van der Waals surface area contributed by atoms with Gasteiger partial charge in [0.05, 0.1) is 0 Å². The summed E-state index contributed by atoms with van der Waals surface area (Å²) in [6, 6.07) is 15.1. The predicted molar refractivity (Wildman–Crippen MR) is 92.6 cm³/mol. The number of benzene rings is 2. The molecule has 122 valence electrons. The molecule has 0 heterocycles. The molecule has 5 heteroatoms. The highest BCUT2D eigenvalue weighted by atomic mass is 35.5. The Labute approximate surface area is 142 Å². The number of amides is 1. The van der Waals surface area contributed by atoms with Crippen molar-refractivity contribution in [1.29, 1.82) is 0 Å². The summed E-state index contributed by atoms with van der Waals surface area (Å²) in [6.07, 6.45) is 0. The van der Waals surface area contributed by atoms with Crippen molar-refractivity contribution in [3.63, 3.8) is 0 Å². The number of hydrogen-bond donors (Lipinski definition) is 1. The standard InChI is InChI=1S/C18H21ClN2O2/c1-21(2)12-15-7-4-3-6-14(15)11-20-18(22)13-23-17-9-5-8-16(19)10-17/h3-10H,11-13H2,1-2H3,(H,20,22). The summed E-state index contributed by atoms with van der Waals surface area (Å²) in [5, 5.41) is 3.47. The maximum Gasteiger partial charge on any atom is 0.258 e. The minimum Gasteiger partial charge on any atom is -0.484 e. The van der Waals surface area contributed by atoms with Gasteiger partial charge in [-0.1, -0.05) is 41.9 Å². The second-order valence-corrected chi connectivity index (χ2v) is 5.97. The van der Waals surface area contributed by atoms with Crippen molar-refractivity contribution in [2.24, 2.45) is 0 Å². The Kier molecular flexibility index (Phi) is 6.44. The predicted octanol–water partition coefficient (Wildman–Crippen LogP) is 3.10. The van der Waals surface area contributed by atoms with Gasteiger partial charge >= 0.3 is 0 Å². The van der Waals surface area contributed by atoms with Crippen LogP contribution in [0.4, 0.5) is 0 Å². The van der Waals surface area contributed by atoms with Gasteiger partial charge in [0.2, 0.25) is 0 Å². The van der Waals surface area contributed by atoms with Crippen LogP contribution in [0.3, 0.4) is 0 Å². The van der Waals surface area contributed by atoms with Crippen molar-refractivity contribution in [2.45, 2.75) is 13.1 Å². The molecule has 0 fully saturated rings. The molecule has 1 N–H and O–H groups in total. The molecule has 2 rings (SSSR count). The van der Waals surface area contributed by atoms with Gasteiger partial charge in [-0.05, 0) is 43.4 Å². The van der Waals surface area contributed by atoms with Crippen LogP contribution in [0.1, 0.15) is 11.1 Å². The summed E-state index contributed by atoms with van der Waals surface area (Å²) in [4.78, 5) is 14.0. The Hall–Kier alpha value is -2.04. The van der Waals surface area contributed by atoms with Crippen molar-refractivity contribution < 1.29 is 9.53 Å². The van der Waals surface area contributed by atoms with Crippen LogP contribution in [-0.2, 0) is 17.9 Å². The number of rotatable bonds is 7. The van der Waals surface area contributed by atoms with Crippen molar-refractivity contribution in [1.82, 2.24) is 10.2 Å². The zero-order valence-electron chi connectivity index (χ0n) is 13.4. The Morgan fingerprint density at radius 3 is 2.57 bits per heavy atom. The fourth-order valence-electron chi connectivity index (χ4n) is 2.18. The zero-order valence-corrected chi connectivity index (χ0v) is 14.1. The minimum absolute atomic E-state index is 0.0316. The molecule has 0 aromatic heterocycles. The van der Waals surface area contributed by atoms with Crippen molar-refractivity contribution >= 4 is 17.5 Å². The molecule has 4 nitrogen and oxygen atoms in total. The van der Waals surface area contributed by atoms with E-state index in [4.69, 9.17) is 16.3 Å². The van der Waals surface area contributed by atoms with E-state index in [1.807, 2.05) is 32.3 Å². The minimum atomic E-state index is -0.162. The highest BCUT2D eigenvalue weighted by Gasteiger charge is 2.06. The summed E-state index contributed by atoms with van der Waals surface area (Å²) in [5.74, 6) is 0.422. The lowest BCUT2D eigenvalue weighted by Crippen LogP contribution is -2.29. The van der Waals surface area contributed by atoms with Crippen molar-refractivity contribution in [3.05, 3.63) is 64.7 Å². The first-order valence-corrected chi connectivity index (χ1v) is 7.79. The lowest BCUT2D eigenvalue weighted by atomic mass is 10.1. The van der Waals surface area contributed by atoms with E-state index in [0.717, 1.165) is 12.1 Å². The fourth-order valence-corrected chi connectivity index (χ4v) is 2.36. The summed E-state index contributed by atoms with van der Waals surface area (Å²) in [5.41, 5.74) is 2.31. The fraction of sp³-hybridized carbons (Fsp3) is 0.278. The second kappa shape index (κ2) is 8.56.